The number of nitrogens with one attached hydrogen (secondary N) is 1. The molecule has 13 heteroatoms. The molecule has 3 heterocycles. The van der Waals surface area contributed by atoms with Crippen molar-refractivity contribution < 1.29 is 26.4 Å². The molecule has 2 aliphatic heterocycles. The minimum atomic E-state index is -4.97. The maximum Gasteiger partial charge on any atom is 0.442 e. The molecule has 1 atom stereocenters. The molecule has 144 valence electrons. The number of thiazole rings is 1. The molecule has 0 saturated carbocycles. The third kappa shape index (κ3) is 2.88. The molecule has 4 rings (SSSR count). The summed E-state index contributed by atoms with van der Waals surface area (Å²) in [5.41, 5.74) is -2.80. The number of rotatable bonds is 3. The topological polar surface area (TPSA) is 91.7 Å². The summed E-state index contributed by atoms with van der Waals surface area (Å²) in [7, 11) is -3.47. The lowest BCUT2D eigenvalue weighted by Crippen LogP contribution is -2.57. The summed E-state index contributed by atoms with van der Waals surface area (Å²) in [5.74, 6) is -0.695. The van der Waals surface area contributed by atoms with E-state index in [4.69, 9.17) is 0 Å². The number of aromatic nitrogens is 1. The minimum Gasteiger partial charge on any atom is -0.322 e. The van der Waals surface area contributed by atoms with E-state index in [-0.39, 0.29) is 21.7 Å². The quantitative estimate of drug-likeness (QED) is 0.794. The summed E-state index contributed by atoms with van der Waals surface area (Å²) in [4.78, 5) is 21.2. The highest BCUT2D eigenvalue weighted by Crippen LogP contribution is 2.44. The van der Waals surface area contributed by atoms with Crippen molar-refractivity contribution in [2.75, 3.05) is 23.9 Å². The first-order chi connectivity index (χ1) is 12.5. The standard InChI is InChI=1S/C14H11F3N4O3S3/c1-27(23,24)7-2-3-8-9(6-7)26-11(18-8)19-13(14(15,16)17)10(22)21-4-5-25-12(21)20-13/h2-3,6H,4-5H2,1H3,(H,18,19)/t13-/m0/s1. The average Bonchev–Trinajstić information content (AvgIpc) is 3.21. The van der Waals surface area contributed by atoms with Crippen molar-refractivity contribution in [1.82, 2.24) is 9.88 Å². The van der Waals surface area contributed by atoms with Crippen LogP contribution in [0.4, 0.5) is 18.3 Å². The van der Waals surface area contributed by atoms with Gasteiger partial charge in [-0.15, -0.1) is 0 Å². The molecule has 1 aromatic heterocycles. The molecule has 1 N–H and O–H groups in total. The summed E-state index contributed by atoms with van der Waals surface area (Å²) >= 11 is 1.91. The molecular weight excluding hydrogens is 425 g/mol. The number of carbonyl (C=O) groups is 1. The average molecular weight is 436 g/mol. The second-order valence-electron chi connectivity index (χ2n) is 5.95. The number of nitrogens with zero attached hydrogens (tertiary/aromatic N) is 3. The van der Waals surface area contributed by atoms with Crippen LogP contribution in [-0.2, 0) is 14.6 Å². The maximum atomic E-state index is 13.8. The Balaban J connectivity index is 1.77. The second kappa shape index (κ2) is 5.82. The Morgan fingerprint density at radius 1 is 1.33 bits per heavy atom. The highest BCUT2D eigenvalue weighted by molar-refractivity contribution is 8.14. The Morgan fingerprint density at radius 3 is 2.70 bits per heavy atom. The lowest BCUT2D eigenvalue weighted by Gasteiger charge is -2.28. The number of carbonyl (C=O) groups excluding carboxylic acids is 1. The third-order valence-electron chi connectivity index (χ3n) is 4.08. The van der Waals surface area contributed by atoms with Gasteiger partial charge in [-0.1, -0.05) is 23.1 Å². The monoisotopic (exact) mass is 436 g/mol. The van der Waals surface area contributed by atoms with E-state index in [0.717, 1.165) is 34.3 Å². The predicted molar refractivity (Wildman–Crippen MR) is 96.7 cm³/mol. The van der Waals surface area contributed by atoms with Crippen LogP contribution in [0.25, 0.3) is 10.2 Å². The van der Waals surface area contributed by atoms with Gasteiger partial charge in [0, 0.05) is 18.6 Å². The van der Waals surface area contributed by atoms with Crippen molar-refractivity contribution in [2.24, 2.45) is 4.99 Å². The van der Waals surface area contributed by atoms with Gasteiger partial charge in [0.2, 0.25) is 0 Å². The molecule has 0 spiro atoms. The van der Waals surface area contributed by atoms with Crippen LogP contribution in [-0.4, -0.2) is 59.8 Å². The van der Waals surface area contributed by atoms with Crippen LogP contribution in [0, 0.1) is 0 Å². The molecule has 27 heavy (non-hydrogen) atoms. The number of amides is 1. The zero-order chi connectivity index (χ0) is 19.6. The molecule has 1 aromatic carbocycles. The predicted octanol–water partition coefficient (Wildman–Crippen LogP) is 2.32. The van der Waals surface area contributed by atoms with Gasteiger partial charge in [0.1, 0.15) is 0 Å². The third-order valence-corrected chi connectivity index (χ3v) is 7.08. The smallest absolute Gasteiger partial charge is 0.322 e. The fourth-order valence-electron chi connectivity index (χ4n) is 2.75. The number of hydrogen-bond acceptors (Lipinski definition) is 8. The van der Waals surface area contributed by atoms with Crippen LogP contribution in [0.2, 0.25) is 0 Å². The summed E-state index contributed by atoms with van der Waals surface area (Å²) in [6.45, 7) is 0.166. The van der Waals surface area contributed by atoms with Gasteiger partial charge in [-0.25, -0.2) is 18.4 Å². The van der Waals surface area contributed by atoms with E-state index in [1.165, 1.54) is 18.2 Å². The number of thioether (sulfide) groups is 1. The van der Waals surface area contributed by atoms with E-state index < -0.39 is 27.6 Å². The molecule has 1 amide bonds. The molecule has 1 saturated heterocycles. The first-order valence-electron chi connectivity index (χ1n) is 7.51. The van der Waals surface area contributed by atoms with Gasteiger partial charge in [0.05, 0.1) is 15.1 Å². The van der Waals surface area contributed by atoms with Crippen LogP contribution >= 0.6 is 23.1 Å². The number of amidine groups is 1. The Kier molecular flexibility index (Phi) is 3.99. The molecule has 2 aliphatic rings. The first-order valence-corrected chi connectivity index (χ1v) is 11.2. The SMILES string of the molecule is CS(=O)(=O)c1ccc2nc(N[C@]3(C(F)(F)F)N=C4SCCN4C3=O)sc2c1. The molecule has 0 unspecified atom stereocenters. The zero-order valence-electron chi connectivity index (χ0n) is 13.6. The Bertz CT molecular complexity index is 1100. The van der Waals surface area contributed by atoms with Gasteiger partial charge >= 0.3 is 11.8 Å². The lowest BCUT2D eigenvalue weighted by molar-refractivity contribution is -0.185. The van der Waals surface area contributed by atoms with Crippen molar-refractivity contribution in [1.29, 1.82) is 0 Å². The fourth-order valence-corrected chi connectivity index (χ4v) is 5.42. The molecular formula is C14H11F3N4O3S3. The highest BCUT2D eigenvalue weighted by Gasteiger charge is 2.67. The molecule has 2 aromatic rings. The summed E-state index contributed by atoms with van der Waals surface area (Å²) in [5, 5.41) is 2.02. The molecule has 1 fully saturated rings. The van der Waals surface area contributed by atoms with E-state index in [2.05, 4.69) is 15.3 Å². The van der Waals surface area contributed by atoms with Crippen molar-refractivity contribution in [2.45, 2.75) is 16.7 Å². The minimum absolute atomic E-state index is 0.0324. The van der Waals surface area contributed by atoms with Crippen LogP contribution in [0.3, 0.4) is 0 Å². The number of alkyl halides is 3. The van der Waals surface area contributed by atoms with Crippen LogP contribution < -0.4 is 5.32 Å². The molecule has 0 aliphatic carbocycles. The van der Waals surface area contributed by atoms with E-state index in [0.29, 0.717) is 16.0 Å². The van der Waals surface area contributed by atoms with Gasteiger partial charge in [-0.3, -0.25) is 9.69 Å². The number of aliphatic imine (C=N–C) groups is 1. The molecule has 0 radical (unpaired) electrons. The van der Waals surface area contributed by atoms with Crippen molar-refractivity contribution in [3.63, 3.8) is 0 Å². The number of hydrogen-bond donors (Lipinski definition) is 1. The van der Waals surface area contributed by atoms with Crippen molar-refractivity contribution >= 4 is 59.4 Å². The number of halogens is 3. The van der Waals surface area contributed by atoms with Gasteiger partial charge in [0.15, 0.2) is 20.1 Å². The van der Waals surface area contributed by atoms with Gasteiger partial charge in [0.25, 0.3) is 5.91 Å². The first kappa shape index (κ1) is 18.5. The summed E-state index contributed by atoms with van der Waals surface area (Å²) in [6, 6.07) is 4.07. The number of anilines is 1. The maximum absolute atomic E-state index is 13.8. The normalized spacial score (nSPS) is 23.0. The lowest BCUT2D eigenvalue weighted by atomic mass is 10.1. The zero-order valence-corrected chi connectivity index (χ0v) is 16.0. The van der Waals surface area contributed by atoms with Crippen LogP contribution in [0.15, 0.2) is 28.1 Å². The molecule has 0 bridgehead atoms. The van der Waals surface area contributed by atoms with E-state index in [1.807, 2.05) is 0 Å². The highest BCUT2D eigenvalue weighted by atomic mass is 32.2. The van der Waals surface area contributed by atoms with E-state index >= 15 is 0 Å². The largest absolute Gasteiger partial charge is 0.442 e. The van der Waals surface area contributed by atoms with Crippen molar-refractivity contribution in [3.05, 3.63) is 18.2 Å². The number of fused-ring (bicyclic) bond motifs is 2. The molecule has 7 nitrogen and oxygen atoms in total. The van der Waals surface area contributed by atoms with E-state index in [9.17, 15) is 26.4 Å². The van der Waals surface area contributed by atoms with Crippen molar-refractivity contribution in [3.8, 4) is 0 Å². The van der Waals surface area contributed by atoms with E-state index in [1.54, 1.807) is 0 Å². The number of benzene rings is 1. The van der Waals surface area contributed by atoms with Gasteiger partial charge in [-0.05, 0) is 18.2 Å². The summed E-state index contributed by atoms with van der Waals surface area (Å²) < 4.78 is 65.1. The number of sulfone groups is 1. The van der Waals surface area contributed by atoms with Gasteiger partial charge < -0.3 is 5.32 Å². The van der Waals surface area contributed by atoms with Crippen LogP contribution in [0.1, 0.15) is 0 Å². The Morgan fingerprint density at radius 2 is 2.07 bits per heavy atom. The van der Waals surface area contributed by atoms with Crippen LogP contribution in [0.5, 0.6) is 0 Å². The van der Waals surface area contributed by atoms with Gasteiger partial charge in [-0.2, -0.15) is 13.2 Å². The fraction of sp³-hybridized carbons (Fsp3) is 0.357. The Labute approximate surface area is 159 Å². The Hall–Kier alpha value is -1.86. The second-order valence-corrected chi connectivity index (χ2v) is 10.1. The summed E-state index contributed by atoms with van der Waals surface area (Å²) in [6.07, 6.45) is -3.94.